The molecular weight excluding hydrogens is 428 g/mol. The molecule has 0 bridgehead atoms. The molecule has 162 valence electrons. The molecule has 2 aliphatic heterocycles. The van der Waals surface area contributed by atoms with Gasteiger partial charge in [-0.1, -0.05) is 30.0 Å². The molecule has 2 heterocycles. The van der Waals surface area contributed by atoms with E-state index in [4.69, 9.17) is 0 Å². The molecule has 2 fully saturated rings. The number of carbonyl (C=O) groups is 4. The van der Waals surface area contributed by atoms with E-state index in [1.54, 1.807) is 18.2 Å². The molecule has 0 spiro atoms. The number of amides is 2. The Hall–Kier alpha value is -2.20. The Morgan fingerprint density at radius 1 is 1.20 bits per heavy atom. The third-order valence-electron chi connectivity index (χ3n) is 5.22. The van der Waals surface area contributed by atoms with Crippen LogP contribution in [0.2, 0.25) is 0 Å². The van der Waals surface area contributed by atoms with Gasteiger partial charge in [-0.3, -0.25) is 14.4 Å². The second-order valence-corrected chi connectivity index (χ2v) is 9.56. The van der Waals surface area contributed by atoms with Crippen molar-refractivity contribution < 1.29 is 29.4 Å². The lowest BCUT2D eigenvalue weighted by Gasteiger charge is -2.32. The average molecular weight is 453 g/mol. The number of aromatic hydroxyl groups is 1. The summed E-state index contributed by atoms with van der Waals surface area (Å²) in [5.74, 6) is -1.08. The molecule has 10 heteroatoms. The minimum Gasteiger partial charge on any atom is -0.508 e. The van der Waals surface area contributed by atoms with Gasteiger partial charge in [-0.2, -0.15) is 0 Å². The van der Waals surface area contributed by atoms with Crippen LogP contribution < -0.4 is 0 Å². The Balaban J connectivity index is 1.86. The van der Waals surface area contributed by atoms with Gasteiger partial charge in [-0.25, -0.2) is 4.79 Å². The molecule has 3 rings (SSSR count). The van der Waals surface area contributed by atoms with E-state index in [2.05, 4.69) is 0 Å². The summed E-state index contributed by atoms with van der Waals surface area (Å²) in [7, 11) is 0. The van der Waals surface area contributed by atoms with Gasteiger partial charge in [0.15, 0.2) is 5.12 Å². The van der Waals surface area contributed by atoms with Gasteiger partial charge in [0.05, 0.1) is 0 Å². The number of aliphatic carboxylic acids is 1. The van der Waals surface area contributed by atoms with Crippen molar-refractivity contribution in [3.05, 3.63) is 29.8 Å². The van der Waals surface area contributed by atoms with Crippen molar-refractivity contribution in [2.24, 2.45) is 0 Å². The maximum Gasteiger partial charge on any atom is 0.326 e. The van der Waals surface area contributed by atoms with Crippen LogP contribution >= 0.6 is 23.5 Å². The molecule has 0 aliphatic carbocycles. The summed E-state index contributed by atoms with van der Waals surface area (Å²) in [6.07, 6.45) is 1.07. The summed E-state index contributed by atoms with van der Waals surface area (Å²) < 4.78 is 0. The number of phenolic OH excluding ortho intramolecular Hbond substituents is 1. The van der Waals surface area contributed by atoms with E-state index in [0.29, 0.717) is 36.5 Å². The molecule has 8 nitrogen and oxygen atoms in total. The predicted molar refractivity (Wildman–Crippen MR) is 114 cm³/mol. The molecular formula is C20H24N2O6S2. The number of rotatable bonds is 6. The summed E-state index contributed by atoms with van der Waals surface area (Å²) in [5.41, 5.74) is 0.529. The fourth-order valence-corrected chi connectivity index (χ4v) is 5.86. The highest BCUT2D eigenvalue weighted by Gasteiger charge is 2.46. The minimum absolute atomic E-state index is 0.0311. The van der Waals surface area contributed by atoms with Crippen LogP contribution in [-0.4, -0.2) is 73.0 Å². The van der Waals surface area contributed by atoms with Crippen LogP contribution in [0.4, 0.5) is 0 Å². The normalized spacial score (nSPS) is 23.6. The van der Waals surface area contributed by atoms with Gasteiger partial charge in [-0.15, -0.1) is 11.8 Å². The number of likely N-dealkylation sites (tertiary alicyclic amines) is 1. The van der Waals surface area contributed by atoms with Crippen LogP contribution in [0.1, 0.15) is 37.1 Å². The molecule has 0 saturated carbocycles. The Bertz CT molecular complexity index is 848. The van der Waals surface area contributed by atoms with Crippen LogP contribution in [0.25, 0.3) is 0 Å². The number of carboxylic acids is 1. The molecule has 2 amide bonds. The van der Waals surface area contributed by atoms with E-state index in [9.17, 15) is 29.4 Å². The maximum absolute atomic E-state index is 13.3. The Morgan fingerprint density at radius 3 is 2.60 bits per heavy atom. The van der Waals surface area contributed by atoms with Crippen molar-refractivity contribution in [1.29, 1.82) is 0 Å². The highest BCUT2D eigenvalue weighted by atomic mass is 32.2. The molecule has 2 aliphatic rings. The largest absolute Gasteiger partial charge is 0.508 e. The third kappa shape index (κ3) is 4.75. The fourth-order valence-electron chi connectivity index (χ4n) is 3.83. The summed E-state index contributed by atoms with van der Waals surface area (Å²) >= 11 is 2.41. The fraction of sp³-hybridized carbons (Fsp3) is 0.500. The standard InChI is InChI=1S/C20H24N2O6S2/c1-12(23)29-10-8-17(25)22-15(18(26)21-9-4-6-14(21)20(27)28)11-30-19(22)13-5-2-3-7-16(13)24/h2-3,5,7,14-15,19,24H,4,6,8-11H2,1H3,(H,27,28)/t14-,15-,19+/m0/s1. The van der Waals surface area contributed by atoms with Crippen LogP contribution in [0, 0.1) is 0 Å². The van der Waals surface area contributed by atoms with E-state index in [-0.39, 0.29) is 29.1 Å². The van der Waals surface area contributed by atoms with Crippen molar-refractivity contribution in [3.63, 3.8) is 0 Å². The molecule has 0 radical (unpaired) electrons. The van der Waals surface area contributed by atoms with Crippen LogP contribution in [0.15, 0.2) is 24.3 Å². The molecule has 3 atom stereocenters. The van der Waals surface area contributed by atoms with Crippen molar-refractivity contribution in [2.75, 3.05) is 18.1 Å². The smallest absolute Gasteiger partial charge is 0.326 e. The first-order chi connectivity index (χ1) is 14.3. The summed E-state index contributed by atoms with van der Waals surface area (Å²) in [4.78, 5) is 51.9. The van der Waals surface area contributed by atoms with E-state index >= 15 is 0 Å². The van der Waals surface area contributed by atoms with Gasteiger partial charge < -0.3 is 20.0 Å². The van der Waals surface area contributed by atoms with Gasteiger partial charge in [0.25, 0.3) is 0 Å². The number of nitrogens with zero attached hydrogens (tertiary/aromatic N) is 2. The lowest BCUT2D eigenvalue weighted by Crippen LogP contribution is -2.52. The molecule has 1 aromatic carbocycles. The Morgan fingerprint density at radius 2 is 1.93 bits per heavy atom. The summed E-state index contributed by atoms with van der Waals surface area (Å²) in [5, 5.41) is 19.1. The van der Waals surface area contributed by atoms with E-state index in [1.165, 1.54) is 34.6 Å². The minimum atomic E-state index is -1.04. The van der Waals surface area contributed by atoms with Crippen molar-refractivity contribution in [1.82, 2.24) is 9.80 Å². The highest BCUT2D eigenvalue weighted by Crippen LogP contribution is 2.45. The number of carbonyl (C=O) groups excluding carboxylic acids is 3. The molecule has 1 aromatic rings. The highest BCUT2D eigenvalue weighted by molar-refractivity contribution is 8.13. The Kier molecular flexibility index (Phi) is 7.30. The van der Waals surface area contributed by atoms with E-state index < -0.39 is 23.4 Å². The van der Waals surface area contributed by atoms with Crippen molar-refractivity contribution in [2.45, 2.75) is 43.6 Å². The van der Waals surface area contributed by atoms with Gasteiger partial charge in [0, 0.05) is 37.0 Å². The number of thioether (sulfide) groups is 2. The van der Waals surface area contributed by atoms with Crippen molar-refractivity contribution in [3.8, 4) is 5.75 Å². The first-order valence-electron chi connectivity index (χ1n) is 9.68. The number of benzene rings is 1. The van der Waals surface area contributed by atoms with Gasteiger partial charge in [-0.05, 0) is 18.9 Å². The van der Waals surface area contributed by atoms with Gasteiger partial charge in [0.1, 0.15) is 23.2 Å². The second-order valence-electron chi connectivity index (χ2n) is 7.18. The number of hydrogen-bond acceptors (Lipinski definition) is 7. The molecule has 30 heavy (non-hydrogen) atoms. The topological polar surface area (TPSA) is 115 Å². The van der Waals surface area contributed by atoms with Gasteiger partial charge >= 0.3 is 5.97 Å². The first kappa shape index (κ1) is 22.5. The quantitative estimate of drug-likeness (QED) is 0.674. The average Bonchev–Trinajstić information content (AvgIpc) is 3.35. The first-order valence-corrected chi connectivity index (χ1v) is 11.7. The van der Waals surface area contributed by atoms with E-state index in [1.807, 2.05) is 0 Å². The molecule has 0 unspecified atom stereocenters. The number of carboxylic acid groups (broad SMARTS) is 1. The number of para-hydroxylation sites is 1. The number of hydrogen-bond donors (Lipinski definition) is 2. The van der Waals surface area contributed by atoms with Crippen LogP contribution in [0.3, 0.4) is 0 Å². The Labute approximate surface area is 183 Å². The zero-order valence-corrected chi connectivity index (χ0v) is 18.2. The molecule has 2 saturated heterocycles. The van der Waals surface area contributed by atoms with Crippen LogP contribution in [-0.2, 0) is 19.2 Å². The van der Waals surface area contributed by atoms with E-state index in [0.717, 1.165) is 11.8 Å². The predicted octanol–water partition coefficient (Wildman–Crippen LogP) is 2.08. The van der Waals surface area contributed by atoms with Crippen LogP contribution in [0.5, 0.6) is 5.75 Å². The van der Waals surface area contributed by atoms with Gasteiger partial charge in [0.2, 0.25) is 11.8 Å². The summed E-state index contributed by atoms with van der Waals surface area (Å²) in [6, 6.07) is 4.98. The second kappa shape index (κ2) is 9.74. The monoisotopic (exact) mass is 452 g/mol. The molecule has 2 N–H and O–H groups in total. The molecule has 0 aromatic heterocycles. The maximum atomic E-state index is 13.3. The summed E-state index contributed by atoms with van der Waals surface area (Å²) in [6.45, 7) is 1.78. The lowest BCUT2D eigenvalue weighted by molar-refractivity contribution is -0.152. The zero-order valence-electron chi connectivity index (χ0n) is 16.5. The SMILES string of the molecule is CC(=O)SCCC(=O)N1[C@@H](c2ccccc2O)SC[C@H]1C(=O)N1CCC[C@H]1C(=O)O. The van der Waals surface area contributed by atoms with Crippen molar-refractivity contribution >= 4 is 46.4 Å². The number of phenols is 1. The zero-order chi connectivity index (χ0) is 21.8. The third-order valence-corrected chi connectivity index (χ3v) is 7.34. The lowest BCUT2D eigenvalue weighted by atomic mass is 10.1.